The van der Waals surface area contributed by atoms with Gasteiger partial charge in [0.15, 0.2) is 0 Å². The van der Waals surface area contributed by atoms with Gasteiger partial charge in [0.25, 0.3) is 0 Å². The molecule has 0 bridgehead atoms. The van der Waals surface area contributed by atoms with E-state index in [1.807, 2.05) is 0 Å². The number of para-hydroxylation sites is 1. The minimum Gasteiger partial charge on any atom is -0.367 e. The maximum atomic E-state index is 6.08. The Labute approximate surface area is 110 Å². The molecule has 1 unspecified atom stereocenters. The molecule has 1 aromatic carbocycles. The lowest BCUT2D eigenvalue weighted by Gasteiger charge is -2.42. The fourth-order valence-electron chi connectivity index (χ4n) is 3.46. The van der Waals surface area contributed by atoms with E-state index in [-0.39, 0.29) is 0 Å². The molecule has 0 saturated heterocycles. The van der Waals surface area contributed by atoms with E-state index in [1.54, 1.807) is 0 Å². The van der Waals surface area contributed by atoms with Crippen LogP contribution in [0.4, 0.5) is 5.69 Å². The third kappa shape index (κ3) is 2.14. The van der Waals surface area contributed by atoms with E-state index >= 15 is 0 Å². The first-order chi connectivity index (χ1) is 8.90. The lowest BCUT2D eigenvalue weighted by atomic mass is 9.79. The predicted molar refractivity (Wildman–Crippen MR) is 76.9 cm³/mol. The monoisotopic (exact) mass is 244 g/mol. The minimum absolute atomic E-state index is 0.568. The third-order valence-electron chi connectivity index (χ3n) is 4.73. The van der Waals surface area contributed by atoms with Crippen LogP contribution in [0.15, 0.2) is 24.3 Å². The molecule has 0 aromatic heterocycles. The van der Waals surface area contributed by atoms with Crippen LogP contribution in [0.3, 0.4) is 0 Å². The number of nitrogens with zero attached hydrogens (tertiary/aromatic N) is 1. The normalized spacial score (nSPS) is 21.9. The van der Waals surface area contributed by atoms with Crippen molar-refractivity contribution >= 4 is 5.69 Å². The van der Waals surface area contributed by atoms with E-state index in [1.165, 1.54) is 56.3 Å². The highest BCUT2D eigenvalue weighted by atomic mass is 15.2. The molecule has 1 atom stereocenters. The molecule has 18 heavy (non-hydrogen) atoms. The predicted octanol–water partition coefficient (Wildman–Crippen LogP) is 2.96. The fraction of sp³-hybridized carbons (Fsp3) is 0.625. The highest BCUT2D eigenvalue weighted by Crippen LogP contribution is 2.36. The molecule has 0 radical (unpaired) electrons. The van der Waals surface area contributed by atoms with Gasteiger partial charge >= 0.3 is 0 Å². The Balaban J connectivity index is 1.89. The number of anilines is 1. The summed E-state index contributed by atoms with van der Waals surface area (Å²) in [6.45, 7) is 1.99. The van der Waals surface area contributed by atoms with Crippen LogP contribution in [0.5, 0.6) is 0 Å². The molecule has 2 heteroatoms. The molecule has 1 fully saturated rings. The maximum absolute atomic E-state index is 6.08. The molecule has 1 aromatic rings. The quantitative estimate of drug-likeness (QED) is 0.885. The molecule has 0 amide bonds. The summed E-state index contributed by atoms with van der Waals surface area (Å²) >= 11 is 0. The van der Waals surface area contributed by atoms with Crippen LogP contribution in [0, 0.1) is 5.92 Å². The number of hydrogen-bond donors (Lipinski definition) is 1. The second-order valence-electron chi connectivity index (χ2n) is 5.77. The zero-order valence-corrected chi connectivity index (χ0v) is 11.1. The summed E-state index contributed by atoms with van der Waals surface area (Å²) < 4.78 is 0. The zero-order valence-electron chi connectivity index (χ0n) is 11.1. The molecule has 2 aliphatic rings. The molecule has 2 nitrogen and oxygen atoms in total. The first kappa shape index (κ1) is 12.0. The minimum atomic E-state index is 0.568. The van der Waals surface area contributed by atoms with Crippen molar-refractivity contribution in [2.45, 2.75) is 44.6 Å². The Hall–Kier alpha value is -1.02. The summed E-state index contributed by atoms with van der Waals surface area (Å²) in [6, 6.07) is 9.50. The van der Waals surface area contributed by atoms with Gasteiger partial charge < -0.3 is 10.6 Å². The Bertz CT molecular complexity index is 398. The summed E-state index contributed by atoms with van der Waals surface area (Å²) in [6.07, 6.45) is 8.00. The molecule has 1 aliphatic carbocycles. The largest absolute Gasteiger partial charge is 0.367 e. The van der Waals surface area contributed by atoms with Crippen molar-refractivity contribution in [3.63, 3.8) is 0 Å². The fourth-order valence-corrected chi connectivity index (χ4v) is 3.46. The molecule has 1 heterocycles. The van der Waals surface area contributed by atoms with Crippen molar-refractivity contribution in [2.75, 3.05) is 18.0 Å². The Morgan fingerprint density at radius 2 is 2.00 bits per heavy atom. The number of aryl methyl sites for hydroxylation is 1. The SMILES string of the molecule is NCC(C1CCC1)N1CCCCc2ccccc21. The van der Waals surface area contributed by atoms with Crippen LogP contribution in [-0.2, 0) is 6.42 Å². The van der Waals surface area contributed by atoms with Gasteiger partial charge in [0.1, 0.15) is 0 Å². The summed E-state index contributed by atoms with van der Waals surface area (Å²) in [7, 11) is 0. The zero-order chi connectivity index (χ0) is 12.4. The van der Waals surface area contributed by atoms with Crippen molar-refractivity contribution in [1.29, 1.82) is 0 Å². The second-order valence-corrected chi connectivity index (χ2v) is 5.77. The highest BCUT2D eigenvalue weighted by molar-refractivity contribution is 5.55. The molecule has 2 N–H and O–H groups in total. The summed E-state index contributed by atoms with van der Waals surface area (Å²) in [5.74, 6) is 0.834. The molecule has 0 spiro atoms. The maximum Gasteiger partial charge on any atom is 0.0440 e. The molecule has 3 rings (SSSR count). The lowest BCUT2D eigenvalue weighted by molar-refractivity contribution is 0.254. The Morgan fingerprint density at radius 1 is 1.17 bits per heavy atom. The van der Waals surface area contributed by atoms with Gasteiger partial charge in [0.05, 0.1) is 0 Å². The molecular formula is C16H24N2. The first-order valence-electron chi connectivity index (χ1n) is 7.45. The van der Waals surface area contributed by atoms with E-state index in [0.717, 1.165) is 12.5 Å². The van der Waals surface area contributed by atoms with Crippen LogP contribution < -0.4 is 10.6 Å². The standard InChI is InChI=1S/C16H24N2/c17-12-16(14-8-5-9-14)18-11-4-3-7-13-6-1-2-10-15(13)18/h1-2,6,10,14,16H,3-5,7-9,11-12,17H2. The number of hydrogen-bond acceptors (Lipinski definition) is 2. The van der Waals surface area contributed by atoms with E-state index in [0.29, 0.717) is 6.04 Å². The molecule has 1 saturated carbocycles. The van der Waals surface area contributed by atoms with Crippen molar-refractivity contribution in [2.24, 2.45) is 11.7 Å². The number of fused-ring (bicyclic) bond motifs is 1. The molecular weight excluding hydrogens is 220 g/mol. The smallest absolute Gasteiger partial charge is 0.0440 e. The van der Waals surface area contributed by atoms with Gasteiger partial charge in [-0.1, -0.05) is 24.6 Å². The van der Waals surface area contributed by atoms with Gasteiger partial charge in [0, 0.05) is 24.8 Å². The van der Waals surface area contributed by atoms with Gasteiger partial charge in [-0.2, -0.15) is 0 Å². The van der Waals surface area contributed by atoms with Crippen molar-refractivity contribution in [3.05, 3.63) is 29.8 Å². The van der Waals surface area contributed by atoms with Crippen molar-refractivity contribution in [1.82, 2.24) is 0 Å². The average Bonchev–Trinajstić information content (AvgIpc) is 2.56. The molecule has 1 aliphatic heterocycles. The third-order valence-corrected chi connectivity index (χ3v) is 4.73. The van der Waals surface area contributed by atoms with E-state index in [2.05, 4.69) is 29.2 Å². The van der Waals surface area contributed by atoms with Crippen molar-refractivity contribution in [3.8, 4) is 0 Å². The Morgan fingerprint density at radius 3 is 2.72 bits per heavy atom. The van der Waals surface area contributed by atoms with Gasteiger partial charge in [-0.25, -0.2) is 0 Å². The number of nitrogens with two attached hydrogens (primary N) is 1. The highest BCUT2D eigenvalue weighted by Gasteiger charge is 2.32. The summed E-state index contributed by atoms with van der Waals surface area (Å²) in [4.78, 5) is 2.62. The van der Waals surface area contributed by atoms with Crippen molar-refractivity contribution < 1.29 is 0 Å². The summed E-state index contributed by atoms with van der Waals surface area (Å²) in [5, 5.41) is 0. The number of rotatable bonds is 3. The van der Waals surface area contributed by atoms with Crippen LogP contribution in [-0.4, -0.2) is 19.1 Å². The average molecular weight is 244 g/mol. The van der Waals surface area contributed by atoms with Crippen LogP contribution in [0.2, 0.25) is 0 Å². The Kier molecular flexibility index (Phi) is 3.55. The number of benzene rings is 1. The first-order valence-corrected chi connectivity index (χ1v) is 7.45. The van der Waals surface area contributed by atoms with E-state index in [4.69, 9.17) is 5.73 Å². The van der Waals surface area contributed by atoms with Gasteiger partial charge in [-0.3, -0.25) is 0 Å². The van der Waals surface area contributed by atoms with Crippen LogP contribution in [0.25, 0.3) is 0 Å². The van der Waals surface area contributed by atoms with Gasteiger partial charge in [-0.05, 0) is 49.7 Å². The van der Waals surface area contributed by atoms with E-state index in [9.17, 15) is 0 Å². The topological polar surface area (TPSA) is 29.3 Å². The lowest BCUT2D eigenvalue weighted by Crippen LogP contribution is -2.48. The summed E-state index contributed by atoms with van der Waals surface area (Å²) in [5.41, 5.74) is 9.06. The van der Waals surface area contributed by atoms with Crippen LogP contribution >= 0.6 is 0 Å². The van der Waals surface area contributed by atoms with Gasteiger partial charge in [0.2, 0.25) is 0 Å². The van der Waals surface area contributed by atoms with Gasteiger partial charge in [-0.15, -0.1) is 0 Å². The van der Waals surface area contributed by atoms with E-state index < -0.39 is 0 Å². The van der Waals surface area contributed by atoms with Crippen LogP contribution in [0.1, 0.15) is 37.7 Å². The molecule has 98 valence electrons. The second kappa shape index (κ2) is 5.31.